The van der Waals surface area contributed by atoms with Gasteiger partial charge in [-0.05, 0) is 68.7 Å². The number of aliphatic hydroxyl groups excluding tert-OH is 3. The van der Waals surface area contributed by atoms with E-state index in [4.69, 9.17) is 9.47 Å². The van der Waals surface area contributed by atoms with Gasteiger partial charge >= 0.3 is 0 Å². The van der Waals surface area contributed by atoms with Gasteiger partial charge in [0, 0.05) is 0 Å². The second-order valence-corrected chi connectivity index (χ2v) is 13.6. The van der Waals surface area contributed by atoms with Crippen LogP contribution in [-0.4, -0.2) is 72.0 Å². The lowest BCUT2D eigenvalue weighted by atomic mass is 9.79. The molecule has 9 heteroatoms. The Morgan fingerprint density at radius 1 is 1.11 bits per heavy atom. The standard InChI is InChI=1S/C27H46N2O6S/c1-17(2)8-7-9-18-10-11-19(29-28-18)15-34-26(5,6)16-25(3,4)12-13-36-24-21-23(32)22(31)20(14-30)27(21,33)35-24/h10-11,17,20-24,30-33H,7-9,12-16H2,1-6H3. The van der Waals surface area contributed by atoms with E-state index in [0.29, 0.717) is 12.5 Å². The van der Waals surface area contributed by atoms with Crippen LogP contribution in [0.15, 0.2) is 12.1 Å². The molecule has 1 aromatic heterocycles. The van der Waals surface area contributed by atoms with Gasteiger partial charge in [0.25, 0.3) is 0 Å². The Bertz CT molecular complexity index is 836. The molecule has 1 aromatic rings. The highest BCUT2D eigenvalue weighted by molar-refractivity contribution is 7.99. The number of fused-ring (bicyclic) bond motifs is 1. The third-order valence-electron chi connectivity index (χ3n) is 7.50. The summed E-state index contributed by atoms with van der Waals surface area (Å²) >= 11 is 1.53. The van der Waals surface area contributed by atoms with E-state index in [1.165, 1.54) is 18.2 Å². The van der Waals surface area contributed by atoms with Gasteiger partial charge in [-0.3, -0.25) is 0 Å². The van der Waals surface area contributed by atoms with Gasteiger partial charge in [0.2, 0.25) is 0 Å². The van der Waals surface area contributed by atoms with Crippen molar-refractivity contribution in [2.75, 3.05) is 12.4 Å². The van der Waals surface area contributed by atoms with Crippen LogP contribution in [0.4, 0.5) is 0 Å². The lowest BCUT2D eigenvalue weighted by Crippen LogP contribution is -2.61. The summed E-state index contributed by atoms with van der Waals surface area (Å²) in [5.41, 5.74) is 1.10. The van der Waals surface area contributed by atoms with Gasteiger partial charge in [0.1, 0.15) is 5.44 Å². The van der Waals surface area contributed by atoms with E-state index in [0.717, 1.165) is 42.8 Å². The summed E-state index contributed by atoms with van der Waals surface area (Å²) in [4.78, 5) is 0. The van der Waals surface area contributed by atoms with Gasteiger partial charge < -0.3 is 29.9 Å². The fourth-order valence-electron chi connectivity index (χ4n) is 5.57. The summed E-state index contributed by atoms with van der Waals surface area (Å²) in [5.74, 6) is -1.64. The van der Waals surface area contributed by atoms with Crippen molar-refractivity contribution in [3.63, 3.8) is 0 Å². The Labute approximate surface area is 220 Å². The maximum atomic E-state index is 10.6. The van der Waals surface area contributed by atoms with Crippen molar-refractivity contribution in [2.24, 2.45) is 23.2 Å². The summed E-state index contributed by atoms with van der Waals surface area (Å²) in [6.45, 7) is 13.1. The van der Waals surface area contributed by atoms with Crippen molar-refractivity contribution in [1.29, 1.82) is 0 Å². The third-order valence-corrected chi connectivity index (χ3v) is 8.66. The molecule has 6 atom stereocenters. The zero-order valence-electron chi connectivity index (χ0n) is 22.7. The van der Waals surface area contributed by atoms with E-state index in [1.54, 1.807) is 0 Å². The average Bonchev–Trinajstić information content (AvgIpc) is 2.91. The second-order valence-electron chi connectivity index (χ2n) is 12.3. The van der Waals surface area contributed by atoms with Crippen molar-refractivity contribution in [3.05, 3.63) is 23.5 Å². The molecule has 0 spiro atoms. The molecular weight excluding hydrogens is 480 g/mol. The molecule has 8 nitrogen and oxygen atoms in total. The number of rotatable bonds is 14. The van der Waals surface area contributed by atoms with E-state index in [1.807, 2.05) is 12.1 Å². The number of aryl methyl sites for hydroxylation is 1. The Kier molecular flexibility index (Phi) is 9.86. The molecule has 2 fully saturated rings. The molecule has 4 N–H and O–H groups in total. The summed E-state index contributed by atoms with van der Waals surface area (Å²) in [7, 11) is 0. The molecule has 0 radical (unpaired) electrons. The Balaban J connectivity index is 1.41. The Hall–Kier alpha value is -0.810. The normalized spacial score (nSPS) is 30.5. The number of aliphatic hydroxyl groups is 4. The highest BCUT2D eigenvalue weighted by Crippen LogP contribution is 2.56. The van der Waals surface area contributed by atoms with E-state index in [2.05, 4.69) is 51.7 Å². The zero-order valence-corrected chi connectivity index (χ0v) is 23.5. The molecular formula is C27H46N2O6S. The minimum absolute atomic E-state index is 0.00998. The number of hydrogen-bond acceptors (Lipinski definition) is 9. The van der Waals surface area contributed by atoms with Crippen molar-refractivity contribution < 1.29 is 29.9 Å². The van der Waals surface area contributed by atoms with Crippen LogP contribution in [0.1, 0.15) is 78.6 Å². The Morgan fingerprint density at radius 2 is 1.78 bits per heavy atom. The largest absolute Gasteiger partial charge is 0.396 e. The van der Waals surface area contributed by atoms with Crippen molar-refractivity contribution >= 4 is 11.8 Å². The number of ether oxygens (including phenoxy) is 2. The topological polar surface area (TPSA) is 125 Å². The highest BCUT2D eigenvalue weighted by atomic mass is 32.2. The van der Waals surface area contributed by atoms with Crippen LogP contribution in [0.3, 0.4) is 0 Å². The molecule has 2 heterocycles. The monoisotopic (exact) mass is 526 g/mol. The van der Waals surface area contributed by atoms with Crippen molar-refractivity contribution in [1.82, 2.24) is 10.2 Å². The molecule has 206 valence electrons. The van der Waals surface area contributed by atoms with Gasteiger partial charge in [-0.15, -0.1) is 11.8 Å². The van der Waals surface area contributed by atoms with Gasteiger partial charge in [0.05, 0.1) is 54.2 Å². The maximum Gasteiger partial charge on any atom is 0.183 e. The maximum absolute atomic E-state index is 10.6. The van der Waals surface area contributed by atoms with E-state index in [-0.39, 0.29) is 11.0 Å². The van der Waals surface area contributed by atoms with Crippen LogP contribution >= 0.6 is 11.8 Å². The minimum atomic E-state index is -1.65. The number of nitrogens with zero attached hydrogens (tertiary/aromatic N) is 2. The van der Waals surface area contributed by atoms with Crippen LogP contribution in [-0.2, 0) is 22.5 Å². The molecule has 1 aliphatic carbocycles. The summed E-state index contributed by atoms with van der Waals surface area (Å²) in [5, 5.41) is 49.2. The van der Waals surface area contributed by atoms with E-state index >= 15 is 0 Å². The lowest BCUT2D eigenvalue weighted by Gasteiger charge is -2.49. The van der Waals surface area contributed by atoms with Gasteiger partial charge in [-0.2, -0.15) is 10.2 Å². The van der Waals surface area contributed by atoms with Gasteiger partial charge in [0.15, 0.2) is 5.79 Å². The van der Waals surface area contributed by atoms with Crippen molar-refractivity contribution in [2.45, 2.75) is 109 Å². The first-order chi connectivity index (χ1) is 16.8. The molecule has 0 aromatic carbocycles. The SMILES string of the molecule is CC(C)CCCc1ccc(COC(C)(C)CC(C)(C)CCSC2OC3(O)C(CO)C(O)C(O)C23)nn1. The first-order valence-electron chi connectivity index (χ1n) is 13.2. The molecule has 1 saturated carbocycles. The molecule has 3 rings (SSSR count). The molecule has 36 heavy (non-hydrogen) atoms. The predicted molar refractivity (Wildman–Crippen MR) is 140 cm³/mol. The molecule has 1 aliphatic heterocycles. The average molecular weight is 527 g/mol. The smallest absolute Gasteiger partial charge is 0.183 e. The predicted octanol–water partition coefficient (Wildman–Crippen LogP) is 3.30. The summed E-state index contributed by atoms with van der Waals surface area (Å²) < 4.78 is 11.9. The fourth-order valence-corrected chi connectivity index (χ4v) is 7.26. The first kappa shape index (κ1) is 29.7. The summed E-state index contributed by atoms with van der Waals surface area (Å²) in [6.07, 6.45) is 2.73. The first-order valence-corrected chi connectivity index (χ1v) is 14.3. The molecule has 1 saturated heterocycles. The van der Waals surface area contributed by atoms with Gasteiger partial charge in [-0.25, -0.2) is 0 Å². The van der Waals surface area contributed by atoms with Crippen LogP contribution in [0.25, 0.3) is 0 Å². The fraction of sp³-hybridized carbons (Fsp3) is 0.852. The third kappa shape index (κ3) is 7.18. The molecule has 0 bridgehead atoms. The van der Waals surface area contributed by atoms with Gasteiger partial charge in [-0.1, -0.05) is 34.1 Å². The summed E-state index contributed by atoms with van der Waals surface area (Å²) in [6, 6.07) is 4.05. The van der Waals surface area contributed by atoms with E-state index < -0.39 is 41.9 Å². The molecule has 6 unspecified atom stereocenters. The quantitative estimate of drug-likeness (QED) is 0.289. The number of hydrogen-bond donors (Lipinski definition) is 4. The number of thioether (sulfide) groups is 1. The van der Waals surface area contributed by atoms with E-state index in [9.17, 15) is 20.4 Å². The minimum Gasteiger partial charge on any atom is -0.396 e. The number of aromatic nitrogens is 2. The zero-order chi connectivity index (χ0) is 26.7. The second kappa shape index (κ2) is 11.9. The van der Waals surface area contributed by atoms with Crippen molar-refractivity contribution in [3.8, 4) is 0 Å². The van der Waals surface area contributed by atoms with Crippen LogP contribution in [0.2, 0.25) is 0 Å². The van der Waals surface area contributed by atoms with Crippen LogP contribution in [0, 0.1) is 23.2 Å². The Morgan fingerprint density at radius 3 is 2.39 bits per heavy atom. The molecule has 2 aliphatic rings. The lowest BCUT2D eigenvalue weighted by molar-refractivity contribution is -0.355. The van der Waals surface area contributed by atoms with Crippen LogP contribution < -0.4 is 0 Å². The highest BCUT2D eigenvalue weighted by Gasteiger charge is 2.70. The van der Waals surface area contributed by atoms with Crippen LogP contribution in [0.5, 0.6) is 0 Å². The molecule has 0 amide bonds.